The van der Waals surface area contributed by atoms with Crippen molar-refractivity contribution in [3.8, 4) is 0 Å². The highest BCUT2D eigenvalue weighted by Crippen LogP contribution is 2.13. The van der Waals surface area contributed by atoms with Crippen LogP contribution in [0.1, 0.15) is 17.5 Å². The highest BCUT2D eigenvalue weighted by atomic mass is 16.5. The van der Waals surface area contributed by atoms with Crippen LogP contribution < -0.4 is 5.32 Å². The standard InChI is InChI=1S/C13H18N4O4/c1-9(18)16-5-6-17(8-10(7-16)12(19)14-2)13(20)11-3-4-15-21-11/h3-4,10H,5-8H2,1-2H3,(H,14,19)/t10-/m0/s1. The van der Waals surface area contributed by atoms with Crippen molar-refractivity contribution in [2.45, 2.75) is 6.92 Å². The third-order valence-electron chi connectivity index (χ3n) is 3.52. The van der Waals surface area contributed by atoms with Gasteiger partial charge in [0.15, 0.2) is 0 Å². The molecule has 0 spiro atoms. The molecule has 3 amide bonds. The molecule has 0 aliphatic carbocycles. The van der Waals surface area contributed by atoms with Crippen LogP contribution in [0.3, 0.4) is 0 Å². The molecule has 0 saturated carbocycles. The van der Waals surface area contributed by atoms with Gasteiger partial charge in [0.2, 0.25) is 17.6 Å². The number of amides is 3. The lowest BCUT2D eigenvalue weighted by molar-refractivity contribution is -0.130. The van der Waals surface area contributed by atoms with Crippen LogP contribution in [0.25, 0.3) is 0 Å². The number of hydrogen-bond acceptors (Lipinski definition) is 5. The van der Waals surface area contributed by atoms with Crippen molar-refractivity contribution in [1.82, 2.24) is 20.3 Å². The van der Waals surface area contributed by atoms with Crippen LogP contribution in [0.5, 0.6) is 0 Å². The predicted octanol–water partition coefficient (Wildman–Crippen LogP) is -0.659. The van der Waals surface area contributed by atoms with E-state index in [4.69, 9.17) is 4.52 Å². The fourth-order valence-corrected chi connectivity index (χ4v) is 2.34. The van der Waals surface area contributed by atoms with Crippen molar-refractivity contribution in [2.75, 3.05) is 33.2 Å². The first-order valence-electron chi connectivity index (χ1n) is 6.70. The highest BCUT2D eigenvalue weighted by molar-refractivity contribution is 5.92. The van der Waals surface area contributed by atoms with E-state index in [1.54, 1.807) is 4.90 Å². The van der Waals surface area contributed by atoms with Crippen molar-refractivity contribution in [2.24, 2.45) is 5.92 Å². The van der Waals surface area contributed by atoms with E-state index in [0.29, 0.717) is 19.6 Å². The topological polar surface area (TPSA) is 95.8 Å². The first-order valence-corrected chi connectivity index (χ1v) is 6.70. The maximum absolute atomic E-state index is 12.3. The molecule has 114 valence electrons. The summed E-state index contributed by atoms with van der Waals surface area (Å²) < 4.78 is 4.86. The molecule has 0 aromatic carbocycles. The maximum Gasteiger partial charge on any atom is 0.292 e. The van der Waals surface area contributed by atoms with Crippen LogP contribution in [0, 0.1) is 5.92 Å². The van der Waals surface area contributed by atoms with Crippen LogP contribution in [0.15, 0.2) is 16.8 Å². The average molecular weight is 294 g/mol. The Morgan fingerprint density at radius 1 is 1.29 bits per heavy atom. The van der Waals surface area contributed by atoms with Crippen LogP contribution in [-0.4, -0.2) is 65.9 Å². The summed E-state index contributed by atoms with van der Waals surface area (Å²) in [5.41, 5.74) is 0. The van der Waals surface area contributed by atoms with E-state index in [9.17, 15) is 14.4 Å². The third kappa shape index (κ3) is 3.39. The summed E-state index contributed by atoms with van der Waals surface area (Å²) >= 11 is 0. The van der Waals surface area contributed by atoms with E-state index < -0.39 is 5.92 Å². The van der Waals surface area contributed by atoms with Gasteiger partial charge in [0.1, 0.15) is 0 Å². The molecule has 1 aliphatic heterocycles. The Bertz CT molecular complexity index is 528. The molecule has 2 heterocycles. The van der Waals surface area contributed by atoms with E-state index in [1.807, 2.05) is 0 Å². The Hall–Kier alpha value is -2.38. The molecule has 1 atom stereocenters. The lowest BCUT2D eigenvalue weighted by Gasteiger charge is -2.22. The van der Waals surface area contributed by atoms with Crippen molar-refractivity contribution >= 4 is 17.7 Å². The summed E-state index contributed by atoms with van der Waals surface area (Å²) in [6, 6.07) is 1.48. The fourth-order valence-electron chi connectivity index (χ4n) is 2.34. The molecular formula is C13H18N4O4. The summed E-state index contributed by atoms with van der Waals surface area (Å²) in [4.78, 5) is 38.9. The summed E-state index contributed by atoms with van der Waals surface area (Å²) in [5, 5.41) is 6.07. The van der Waals surface area contributed by atoms with Gasteiger partial charge in [0, 0.05) is 46.2 Å². The number of carbonyl (C=O) groups excluding carboxylic acids is 3. The minimum atomic E-state index is -0.465. The van der Waals surface area contributed by atoms with Crippen LogP contribution in [0.4, 0.5) is 0 Å². The zero-order valence-electron chi connectivity index (χ0n) is 12.0. The van der Waals surface area contributed by atoms with E-state index in [1.165, 1.54) is 31.1 Å². The first kappa shape index (κ1) is 15.0. The molecule has 8 heteroatoms. The summed E-state index contributed by atoms with van der Waals surface area (Å²) in [7, 11) is 1.54. The normalized spacial score (nSPS) is 19.0. The van der Waals surface area contributed by atoms with E-state index >= 15 is 0 Å². The number of aromatic nitrogens is 1. The Kier molecular flexibility index (Phi) is 4.56. The molecule has 0 bridgehead atoms. The molecule has 1 N–H and O–H groups in total. The second kappa shape index (κ2) is 6.38. The number of rotatable bonds is 2. The van der Waals surface area contributed by atoms with E-state index in [-0.39, 0.29) is 30.0 Å². The van der Waals surface area contributed by atoms with Gasteiger partial charge in [-0.2, -0.15) is 0 Å². The maximum atomic E-state index is 12.3. The first-order chi connectivity index (χ1) is 10.0. The summed E-state index contributed by atoms with van der Waals surface area (Å²) in [5.74, 6) is -0.974. The molecule has 1 aliphatic rings. The quantitative estimate of drug-likeness (QED) is 0.781. The Morgan fingerprint density at radius 3 is 2.52 bits per heavy atom. The van der Waals surface area contributed by atoms with Gasteiger partial charge in [-0.25, -0.2) is 0 Å². The number of nitrogens with one attached hydrogen (secondary N) is 1. The van der Waals surface area contributed by atoms with Crippen LogP contribution >= 0.6 is 0 Å². The van der Waals surface area contributed by atoms with Crippen molar-refractivity contribution < 1.29 is 18.9 Å². The smallest absolute Gasteiger partial charge is 0.292 e. The number of carbonyl (C=O) groups is 3. The van der Waals surface area contributed by atoms with Crippen molar-refractivity contribution in [1.29, 1.82) is 0 Å². The van der Waals surface area contributed by atoms with Crippen molar-refractivity contribution in [3.05, 3.63) is 18.0 Å². The van der Waals surface area contributed by atoms with Crippen molar-refractivity contribution in [3.63, 3.8) is 0 Å². The SMILES string of the molecule is CNC(=O)[C@H]1CN(C(C)=O)CCN(C(=O)c2ccno2)C1. The minimum Gasteiger partial charge on any atom is -0.359 e. The molecule has 1 aromatic rings. The van der Waals surface area contributed by atoms with Crippen LogP contribution in [0.2, 0.25) is 0 Å². The molecule has 1 saturated heterocycles. The fraction of sp³-hybridized carbons (Fsp3) is 0.538. The Balaban J connectivity index is 2.17. The largest absolute Gasteiger partial charge is 0.359 e. The van der Waals surface area contributed by atoms with Gasteiger partial charge in [-0.05, 0) is 0 Å². The molecule has 0 unspecified atom stereocenters. The molecule has 8 nitrogen and oxygen atoms in total. The van der Waals surface area contributed by atoms with Gasteiger partial charge >= 0.3 is 0 Å². The third-order valence-corrected chi connectivity index (χ3v) is 3.52. The predicted molar refractivity (Wildman–Crippen MR) is 72.2 cm³/mol. The molecule has 1 fully saturated rings. The lowest BCUT2D eigenvalue weighted by Crippen LogP contribution is -2.42. The Morgan fingerprint density at radius 2 is 1.95 bits per heavy atom. The molecule has 1 aromatic heterocycles. The van der Waals surface area contributed by atoms with Gasteiger partial charge in [-0.15, -0.1) is 0 Å². The average Bonchev–Trinajstić information content (AvgIpc) is 2.91. The second-order valence-electron chi connectivity index (χ2n) is 4.90. The van der Waals surface area contributed by atoms with E-state index in [2.05, 4.69) is 10.5 Å². The Labute approximate surface area is 122 Å². The number of nitrogens with zero attached hydrogens (tertiary/aromatic N) is 3. The number of hydrogen-bond donors (Lipinski definition) is 1. The molecule has 21 heavy (non-hydrogen) atoms. The molecular weight excluding hydrogens is 276 g/mol. The zero-order valence-corrected chi connectivity index (χ0v) is 12.0. The van der Waals surface area contributed by atoms with Gasteiger partial charge < -0.3 is 19.6 Å². The van der Waals surface area contributed by atoms with Gasteiger partial charge in [-0.1, -0.05) is 5.16 Å². The van der Waals surface area contributed by atoms with Gasteiger partial charge in [-0.3, -0.25) is 14.4 Å². The summed E-state index contributed by atoms with van der Waals surface area (Å²) in [6.45, 7) is 2.74. The minimum absolute atomic E-state index is 0.113. The zero-order chi connectivity index (χ0) is 15.4. The second-order valence-corrected chi connectivity index (χ2v) is 4.90. The molecule has 0 radical (unpaired) electrons. The summed E-state index contributed by atoms with van der Waals surface area (Å²) in [6.07, 6.45) is 1.39. The highest BCUT2D eigenvalue weighted by Gasteiger charge is 2.31. The van der Waals surface area contributed by atoms with Crippen LogP contribution in [-0.2, 0) is 9.59 Å². The monoisotopic (exact) mass is 294 g/mol. The lowest BCUT2D eigenvalue weighted by atomic mass is 10.1. The van der Waals surface area contributed by atoms with E-state index in [0.717, 1.165) is 0 Å². The van der Waals surface area contributed by atoms with Gasteiger partial charge in [0.25, 0.3) is 5.91 Å². The molecule has 2 rings (SSSR count). The van der Waals surface area contributed by atoms with Gasteiger partial charge in [0.05, 0.1) is 12.1 Å².